The Bertz CT molecular complexity index is 1260. The second-order valence-corrected chi connectivity index (χ2v) is 8.45. The first-order valence-corrected chi connectivity index (χ1v) is 11.4. The van der Waals surface area contributed by atoms with Crippen LogP contribution in [0.3, 0.4) is 0 Å². The SMILES string of the molecule is O=C1NC(=O)N(c2ccc(Br)cc2)C(=O)C1=Cc1ccc(OCCOc2ccccc2Cl)cc1. The van der Waals surface area contributed by atoms with Gasteiger partial charge in [-0.2, -0.15) is 0 Å². The average molecular weight is 542 g/mol. The van der Waals surface area contributed by atoms with E-state index in [1.807, 2.05) is 12.1 Å². The fourth-order valence-electron chi connectivity index (χ4n) is 3.18. The van der Waals surface area contributed by atoms with Crippen molar-refractivity contribution in [1.29, 1.82) is 0 Å². The number of hydrogen-bond acceptors (Lipinski definition) is 5. The van der Waals surface area contributed by atoms with Gasteiger partial charge in [0.1, 0.15) is 30.3 Å². The second-order valence-electron chi connectivity index (χ2n) is 7.13. The van der Waals surface area contributed by atoms with Gasteiger partial charge >= 0.3 is 6.03 Å². The molecule has 172 valence electrons. The molecular weight excluding hydrogens is 524 g/mol. The minimum atomic E-state index is -0.794. The number of ether oxygens (including phenoxy) is 2. The Morgan fingerprint density at radius 2 is 1.56 bits per heavy atom. The smallest absolute Gasteiger partial charge is 0.335 e. The van der Waals surface area contributed by atoms with Gasteiger partial charge in [-0.1, -0.05) is 51.8 Å². The molecule has 4 amide bonds. The summed E-state index contributed by atoms with van der Waals surface area (Å²) < 4.78 is 12.0. The molecule has 0 atom stereocenters. The van der Waals surface area contributed by atoms with E-state index in [1.54, 1.807) is 60.7 Å². The largest absolute Gasteiger partial charge is 0.490 e. The molecule has 3 aromatic carbocycles. The highest BCUT2D eigenvalue weighted by molar-refractivity contribution is 9.10. The van der Waals surface area contributed by atoms with Crippen LogP contribution in [0.5, 0.6) is 11.5 Å². The van der Waals surface area contributed by atoms with Crippen molar-refractivity contribution < 1.29 is 23.9 Å². The molecule has 0 bridgehead atoms. The van der Waals surface area contributed by atoms with Crippen LogP contribution >= 0.6 is 27.5 Å². The molecule has 3 aromatic rings. The lowest BCUT2D eigenvalue weighted by molar-refractivity contribution is -0.122. The molecule has 1 aliphatic heterocycles. The molecule has 7 nitrogen and oxygen atoms in total. The van der Waals surface area contributed by atoms with E-state index < -0.39 is 17.8 Å². The summed E-state index contributed by atoms with van der Waals surface area (Å²) in [6.07, 6.45) is 1.43. The van der Waals surface area contributed by atoms with Gasteiger partial charge in [-0.25, -0.2) is 9.69 Å². The molecular formula is C25H18BrClN2O5. The maximum Gasteiger partial charge on any atom is 0.335 e. The quantitative estimate of drug-likeness (QED) is 0.252. The molecule has 0 aliphatic carbocycles. The van der Waals surface area contributed by atoms with Gasteiger partial charge in [0.05, 0.1) is 10.7 Å². The van der Waals surface area contributed by atoms with Crippen molar-refractivity contribution in [1.82, 2.24) is 5.32 Å². The summed E-state index contributed by atoms with van der Waals surface area (Å²) in [5, 5.41) is 2.73. The van der Waals surface area contributed by atoms with Crippen LogP contribution in [0, 0.1) is 0 Å². The minimum absolute atomic E-state index is 0.149. The van der Waals surface area contributed by atoms with Crippen molar-refractivity contribution in [3.63, 3.8) is 0 Å². The standard InChI is InChI=1S/C25H18BrClN2O5/c26-17-7-9-18(10-8-17)29-24(31)20(23(30)28-25(29)32)15-16-5-11-19(12-6-16)33-13-14-34-22-4-2-1-3-21(22)27/h1-12,15H,13-14H2,(H,28,30,32). The van der Waals surface area contributed by atoms with Gasteiger partial charge < -0.3 is 9.47 Å². The molecule has 0 radical (unpaired) electrons. The number of nitrogens with one attached hydrogen (secondary N) is 1. The maximum atomic E-state index is 12.9. The first kappa shape index (κ1) is 23.5. The summed E-state index contributed by atoms with van der Waals surface area (Å²) in [5.74, 6) is -0.273. The molecule has 0 unspecified atom stereocenters. The van der Waals surface area contributed by atoms with E-state index in [2.05, 4.69) is 21.2 Å². The van der Waals surface area contributed by atoms with E-state index in [1.165, 1.54) is 6.08 Å². The molecule has 1 fully saturated rings. The summed E-state index contributed by atoms with van der Waals surface area (Å²) in [6.45, 7) is 0.612. The van der Waals surface area contributed by atoms with Crippen molar-refractivity contribution in [2.75, 3.05) is 18.1 Å². The Labute approximate surface area is 209 Å². The molecule has 1 heterocycles. The first-order valence-electron chi connectivity index (χ1n) is 10.2. The summed E-state index contributed by atoms with van der Waals surface area (Å²) in [5.41, 5.74) is 0.805. The Morgan fingerprint density at radius 3 is 2.26 bits per heavy atom. The van der Waals surface area contributed by atoms with Crippen molar-refractivity contribution in [2.45, 2.75) is 0 Å². The third-order valence-corrected chi connectivity index (χ3v) is 5.66. The number of urea groups is 1. The van der Waals surface area contributed by atoms with E-state index >= 15 is 0 Å². The molecule has 34 heavy (non-hydrogen) atoms. The van der Waals surface area contributed by atoms with Crippen LogP contribution in [0.1, 0.15) is 5.56 Å². The topological polar surface area (TPSA) is 84.9 Å². The first-order chi connectivity index (χ1) is 16.4. The number of carbonyl (C=O) groups is 3. The number of carbonyl (C=O) groups excluding carboxylic acids is 3. The highest BCUT2D eigenvalue weighted by Crippen LogP contribution is 2.25. The summed E-state index contributed by atoms with van der Waals surface area (Å²) in [4.78, 5) is 38.5. The number of imide groups is 2. The molecule has 0 spiro atoms. The average Bonchev–Trinajstić information content (AvgIpc) is 2.82. The van der Waals surface area contributed by atoms with Gasteiger partial charge in [0, 0.05) is 4.47 Å². The summed E-state index contributed by atoms with van der Waals surface area (Å²) in [6, 6.07) is 19.8. The number of rotatable bonds is 7. The van der Waals surface area contributed by atoms with Crippen LogP contribution in [0.4, 0.5) is 10.5 Å². The van der Waals surface area contributed by atoms with Gasteiger partial charge in [0.25, 0.3) is 11.8 Å². The number of para-hydroxylation sites is 1. The van der Waals surface area contributed by atoms with E-state index in [4.69, 9.17) is 21.1 Å². The van der Waals surface area contributed by atoms with Crippen molar-refractivity contribution >= 4 is 57.1 Å². The molecule has 1 N–H and O–H groups in total. The highest BCUT2D eigenvalue weighted by atomic mass is 79.9. The van der Waals surface area contributed by atoms with Crippen molar-refractivity contribution in [3.8, 4) is 11.5 Å². The zero-order valence-corrected chi connectivity index (χ0v) is 20.0. The fourth-order valence-corrected chi connectivity index (χ4v) is 3.64. The highest BCUT2D eigenvalue weighted by Gasteiger charge is 2.36. The van der Waals surface area contributed by atoms with Gasteiger partial charge in [0.2, 0.25) is 0 Å². The minimum Gasteiger partial charge on any atom is -0.490 e. The van der Waals surface area contributed by atoms with E-state index in [0.717, 1.165) is 9.37 Å². The van der Waals surface area contributed by atoms with Gasteiger partial charge in [-0.05, 0) is 60.2 Å². The van der Waals surface area contributed by atoms with Gasteiger partial charge in [-0.15, -0.1) is 0 Å². The number of amides is 4. The van der Waals surface area contributed by atoms with Crippen LogP contribution in [0.15, 0.2) is 82.8 Å². The molecule has 0 aromatic heterocycles. The van der Waals surface area contributed by atoms with Crippen LogP contribution in [-0.4, -0.2) is 31.1 Å². The van der Waals surface area contributed by atoms with Gasteiger partial charge in [0.15, 0.2) is 0 Å². The zero-order valence-electron chi connectivity index (χ0n) is 17.7. The Hall–Kier alpha value is -3.62. The summed E-state index contributed by atoms with van der Waals surface area (Å²) in [7, 11) is 0. The lowest BCUT2D eigenvalue weighted by Crippen LogP contribution is -2.54. The van der Waals surface area contributed by atoms with E-state index in [9.17, 15) is 14.4 Å². The van der Waals surface area contributed by atoms with Crippen LogP contribution in [-0.2, 0) is 9.59 Å². The second kappa shape index (κ2) is 10.5. The van der Waals surface area contributed by atoms with E-state index in [-0.39, 0.29) is 5.57 Å². The monoisotopic (exact) mass is 540 g/mol. The third-order valence-electron chi connectivity index (χ3n) is 4.82. The van der Waals surface area contributed by atoms with Crippen LogP contribution < -0.4 is 19.7 Å². The third kappa shape index (κ3) is 5.47. The number of nitrogens with zero attached hydrogens (tertiary/aromatic N) is 1. The molecule has 0 saturated carbocycles. The van der Waals surface area contributed by atoms with Gasteiger partial charge in [-0.3, -0.25) is 14.9 Å². The number of barbiturate groups is 1. The Kier molecular flexibility index (Phi) is 7.30. The normalized spacial score (nSPS) is 14.8. The Morgan fingerprint density at radius 1 is 0.882 bits per heavy atom. The van der Waals surface area contributed by atoms with Crippen LogP contribution in [0.25, 0.3) is 6.08 Å². The molecule has 9 heteroatoms. The van der Waals surface area contributed by atoms with E-state index in [0.29, 0.717) is 41.0 Å². The van der Waals surface area contributed by atoms with Crippen molar-refractivity contribution in [2.24, 2.45) is 0 Å². The molecule has 4 rings (SSSR count). The lowest BCUT2D eigenvalue weighted by Gasteiger charge is -2.26. The molecule has 1 aliphatic rings. The predicted molar refractivity (Wildman–Crippen MR) is 132 cm³/mol. The number of hydrogen-bond donors (Lipinski definition) is 1. The summed E-state index contributed by atoms with van der Waals surface area (Å²) >= 11 is 9.36. The number of halogens is 2. The van der Waals surface area contributed by atoms with Crippen molar-refractivity contribution in [3.05, 3.63) is 93.4 Å². The Balaban J connectivity index is 1.41. The van der Waals surface area contributed by atoms with Crippen LogP contribution in [0.2, 0.25) is 5.02 Å². The zero-order chi connectivity index (χ0) is 24.1. The molecule has 1 saturated heterocycles. The number of benzene rings is 3. The number of anilines is 1. The lowest BCUT2D eigenvalue weighted by atomic mass is 10.1. The maximum absolute atomic E-state index is 12.9. The predicted octanol–water partition coefficient (Wildman–Crippen LogP) is 5.23. The fraction of sp³-hybridized carbons (Fsp3) is 0.0800.